The van der Waals surface area contributed by atoms with E-state index in [1.165, 1.54) is 30.6 Å². The van der Waals surface area contributed by atoms with Crippen LogP contribution in [0.5, 0.6) is 11.5 Å². The maximum atomic E-state index is 12.5. The van der Waals surface area contributed by atoms with Crippen LogP contribution in [0.4, 0.5) is 5.69 Å². The van der Waals surface area contributed by atoms with Crippen molar-refractivity contribution in [3.8, 4) is 11.5 Å². The van der Waals surface area contributed by atoms with E-state index in [0.717, 1.165) is 5.56 Å². The number of carbonyl (C=O) groups is 2. The van der Waals surface area contributed by atoms with Crippen LogP contribution in [-0.2, 0) is 17.9 Å². The summed E-state index contributed by atoms with van der Waals surface area (Å²) in [6, 6.07) is 11.3. The van der Waals surface area contributed by atoms with Crippen molar-refractivity contribution >= 4 is 28.8 Å². The fraction of sp³-hybridized carbons (Fsp3) is 0.261. The zero-order valence-corrected chi connectivity index (χ0v) is 19.7. The monoisotopic (exact) mass is 484 g/mol. The largest absolute Gasteiger partial charge is 0.493 e. The van der Waals surface area contributed by atoms with E-state index in [9.17, 15) is 19.7 Å². The van der Waals surface area contributed by atoms with E-state index in [2.05, 4.69) is 15.6 Å². The Bertz CT molecular complexity index is 1180. The Balaban J connectivity index is 1.54. The summed E-state index contributed by atoms with van der Waals surface area (Å²) >= 11 is 1.26. The van der Waals surface area contributed by atoms with Crippen LogP contribution < -0.4 is 20.1 Å². The molecule has 0 aliphatic heterocycles. The van der Waals surface area contributed by atoms with Gasteiger partial charge in [0.1, 0.15) is 10.7 Å². The first-order valence-corrected chi connectivity index (χ1v) is 11.2. The van der Waals surface area contributed by atoms with Gasteiger partial charge in [0, 0.05) is 29.6 Å². The molecule has 0 radical (unpaired) electrons. The molecule has 0 aliphatic rings. The number of non-ortho nitro benzene ring substituents is 1. The van der Waals surface area contributed by atoms with E-state index in [-0.39, 0.29) is 36.3 Å². The predicted octanol–water partition coefficient (Wildman–Crippen LogP) is 3.42. The molecule has 3 aromatic rings. The van der Waals surface area contributed by atoms with Crippen molar-refractivity contribution in [2.24, 2.45) is 0 Å². The normalized spacial score (nSPS) is 11.4. The number of methoxy groups -OCH3 is 2. The molecule has 1 heterocycles. The third-order valence-electron chi connectivity index (χ3n) is 5.12. The molecule has 2 amide bonds. The van der Waals surface area contributed by atoms with Gasteiger partial charge in [-0.05, 0) is 18.6 Å². The number of para-hydroxylation sites is 1. The number of nitro benzene ring substituents is 1. The van der Waals surface area contributed by atoms with Gasteiger partial charge in [-0.15, -0.1) is 11.3 Å². The van der Waals surface area contributed by atoms with Gasteiger partial charge in [-0.1, -0.05) is 24.3 Å². The predicted molar refractivity (Wildman–Crippen MR) is 126 cm³/mol. The molecule has 2 N–H and O–H groups in total. The summed E-state index contributed by atoms with van der Waals surface area (Å²) in [5, 5.41) is 18.6. The minimum Gasteiger partial charge on any atom is -0.493 e. The van der Waals surface area contributed by atoms with Crippen molar-refractivity contribution < 1.29 is 24.0 Å². The average molecular weight is 485 g/mol. The number of rotatable bonds is 10. The van der Waals surface area contributed by atoms with E-state index < -0.39 is 10.8 Å². The highest BCUT2D eigenvalue weighted by molar-refractivity contribution is 7.09. The number of nitrogens with one attached hydrogen (secondary N) is 2. The molecule has 0 saturated carbocycles. The van der Waals surface area contributed by atoms with Gasteiger partial charge in [0.15, 0.2) is 11.5 Å². The lowest BCUT2D eigenvalue weighted by molar-refractivity contribution is -0.384. The van der Waals surface area contributed by atoms with Crippen molar-refractivity contribution in [1.82, 2.24) is 15.6 Å². The van der Waals surface area contributed by atoms with Crippen LogP contribution in [0.2, 0.25) is 0 Å². The zero-order valence-electron chi connectivity index (χ0n) is 18.9. The number of aromatic nitrogens is 1. The molecule has 10 nitrogen and oxygen atoms in total. The lowest BCUT2D eigenvalue weighted by atomic mass is 10.0. The Morgan fingerprint density at radius 3 is 2.47 bits per heavy atom. The fourth-order valence-electron chi connectivity index (χ4n) is 3.21. The minimum atomic E-state index is -0.499. The highest BCUT2D eigenvalue weighted by Gasteiger charge is 2.18. The van der Waals surface area contributed by atoms with E-state index in [4.69, 9.17) is 9.47 Å². The number of hydrogen-bond acceptors (Lipinski definition) is 8. The molecule has 178 valence electrons. The number of carbonyl (C=O) groups excluding carboxylic acids is 2. The molecule has 0 aliphatic carbocycles. The van der Waals surface area contributed by atoms with Crippen molar-refractivity contribution in [2.45, 2.75) is 25.9 Å². The third kappa shape index (κ3) is 5.87. The standard InChI is InChI=1S/C23H24N4O6S/c1-14(15-7-9-17(10-8-15)27(30)31)22(28)25-12-20-26-18(13-34-20)23(29)24-11-16-5-4-6-19(32-2)21(16)33-3/h4-10,13-14H,11-12H2,1-3H3,(H,24,29)(H,25,28). The van der Waals surface area contributed by atoms with Crippen LogP contribution in [0.25, 0.3) is 0 Å². The van der Waals surface area contributed by atoms with E-state index in [1.807, 2.05) is 12.1 Å². The number of amides is 2. The average Bonchev–Trinajstić information content (AvgIpc) is 3.34. The summed E-state index contributed by atoms with van der Waals surface area (Å²) in [4.78, 5) is 39.6. The van der Waals surface area contributed by atoms with Gasteiger partial charge in [-0.25, -0.2) is 4.98 Å². The number of benzene rings is 2. The number of ether oxygens (including phenoxy) is 2. The summed E-state index contributed by atoms with van der Waals surface area (Å²) in [5.74, 6) is 0.0255. The quantitative estimate of drug-likeness (QED) is 0.333. The van der Waals surface area contributed by atoms with E-state index in [1.54, 1.807) is 37.6 Å². The molecule has 1 unspecified atom stereocenters. The Morgan fingerprint density at radius 1 is 1.09 bits per heavy atom. The highest BCUT2D eigenvalue weighted by Crippen LogP contribution is 2.30. The molecular weight excluding hydrogens is 460 g/mol. The molecule has 0 spiro atoms. The maximum absolute atomic E-state index is 12.5. The van der Waals surface area contributed by atoms with Gasteiger partial charge >= 0.3 is 0 Å². The second kappa shape index (κ2) is 11.2. The Kier molecular flexibility index (Phi) is 8.14. The highest BCUT2D eigenvalue weighted by atomic mass is 32.1. The topological polar surface area (TPSA) is 133 Å². The van der Waals surface area contributed by atoms with E-state index in [0.29, 0.717) is 22.1 Å². The molecule has 2 aromatic carbocycles. The minimum absolute atomic E-state index is 0.0326. The second-order valence-corrected chi connectivity index (χ2v) is 8.19. The first-order chi connectivity index (χ1) is 16.3. The van der Waals surface area contributed by atoms with Crippen LogP contribution in [0.1, 0.15) is 39.5 Å². The molecule has 11 heteroatoms. The van der Waals surface area contributed by atoms with Crippen molar-refractivity contribution in [3.63, 3.8) is 0 Å². The van der Waals surface area contributed by atoms with E-state index >= 15 is 0 Å². The van der Waals surface area contributed by atoms with Gasteiger partial charge in [0.05, 0.1) is 31.6 Å². The molecule has 34 heavy (non-hydrogen) atoms. The maximum Gasteiger partial charge on any atom is 0.271 e. The molecular formula is C23H24N4O6S. The molecule has 1 aromatic heterocycles. The number of hydrogen-bond donors (Lipinski definition) is 2. The van der Waals surface area contributed by atoms with Gasteiger partial charge in [0.25, 0.3) is 11.6 Å². The number of thiazole rings is 1. The third-order valence-corrected chi connectivity index (χ3v) is 5.97. The molecule has 0 saturated heterocycles. The summed E-state index contributed by atoms with van der Waals surface area (Å²) in [7, 11) is 3.08. The summed E-state index contributed by atoms with van der Waals surface area (Å²) in [6.45, 7) is 2.11. The molecule has 0 fully saturated rings. The molecule has 3 rings (SSSR count). The summed E-state index contributed by atoms with van der Waals surface area (Å²) < 4.78 is 10.6. The Morgan fingerprint density at radius 2 is 1.82 bits per heavy atom. The SMILES string of the molecule is COc1cccc(CNC(=O)c2csc(CNC(=O)C(C)c3ccc([N+](=O)[O-])cc3)n2)c1OC. The van der Waals surface area contributed by atoms with Gasteiger partial charge in [-0.2, -0.15) is 0 Å². The van der Waals surface area contributed by atoms with Crippen molar-refractivity contribution in [1.29, 1.82) is 0 Å². The smallest absolute Gasteiger partial charge is 0.271 e. The Labute approximate surface area is 200 Å². The van der Waals surface area contributed by atoms with Crippen LogP contribution >= 0.6 is 11.3 Å². The van der Waals surface area contributed by atoms with Gasteiger partial charge < -0.3 is 20.1 Å². The van der Waals surface area contributed by atoms with Crippen LogP contribution in [0.15, 0.2) is 47.8 Å². The van der Waals surface area contributed by atoms with Crippen molar-refractivity contribution in [3.05, 3.63) is 79.8 Å². The number of nitrogens with zero attached hydrogens (tertiary/aromatic N) is 2. The summed E-state index contributed by atoms with van der Waals surface area (Å²) in [5.41, 5.74) is 1.64. The van der Waals surface area contributed by atoms with Gasteiger partial charge in [0.2, 0.25) is 5.91 Å². The summed E-state index contributed by atoms with van der Waals surface area (Å²) in [6.07, 6.45) is 0. The first kappa shape index (κ1) is 24.6. The lowest BCUT2D eigenvalue weighted by Crippen LogP contribution is -2.27. The first-order valence-electron chi connectivity index (χ1n) is 10.3. The van der Waals surface area contributed by atoms with Crippen LogP contribution in [0, 0.1) is 10.1 Å². The fourth-order valence-corrected chi connectivity index (χ4v) is 3.92. The zero-order chi connectivity index (χ0) is 24.7. The van der Waals surface area contributed by atoms with Gasteiger partial charge in [-0.3, -0.25) is 19.7 Å². The van der Waals surface area contributed by atoms with Crippen LogP contribution in [0.3, 0.4) is 0 Å². The molecule has 0 bridgehead atoms. The lowest BCUT2D eigenvalue weighted by Gasteiger charge is -2.12. The molecule has 1 atom stereocenters. The van der Waals surface area contributed by atoms with Crippen molar-refractivity contribution in [2.75, 3.05) is 14.2 Å². The number of nitro groups is 1. The second-order valence-electron chi connectivity index (χ2n) is 7.25. The Hall–Kier alpha value is -3.99. The van der Waals surface area contributed by atoms with Crippen LogP contribution in [-0.4, -0.2) is 35.9 Å².